The second kappa shape index (κ2) is 20.4. The lowest BCUT2D eigenvalue weighted by molar-refractivity contribution is -0.225. The molecule has 4 saturated heterocycles. The van der Waals surface area contributed by atoms with Gasteiger partial charge in [0.15, 0.2) is 11.8 Å². The van der Waals surface area contributed by atoms with Gasteiger partial charge >= 0.3 is 11.9 Å². The minimum absolute atomic E-state index is 0.00221. The molecule has 4 aliphatic heterocycles. The summed E-state index contributed by atoms with van der Waals surface area (Å²) in [5, 5.41) is 25.1. The fraction of sp³-hybridized carbons (Fsp3) is 0.640. The average molecular weight is 888 g/mol. The number of benzene rings is 2. The van der Waals surface area contributed by atoms with Crippen LogP contribution in [0.3, 0.4) is 0 Å². The van der Waals surface area contributed by atoms with Crippen LogP contribution in [0.15, 0.2) is 54.6 Å². The molecule has 1 aliphatic carbocycles. The number of ether oxygens (including phenoxy) is 4. The van der Waals surface area contributed by atoms with Gasteiger partial charge in [-0.05, 0) is 82.1 Å². The van der Waals surface area contributed by atoms with Crippen LogP contribution >= 0.6 is 0 Å². The Morgan fingerprint density at radius 2 is 1.66 bits per heavy atom. The number of hydroxylamine groups is 2. The number of phenolic OH excluding ortho intramolecular Hbond substituents is 1. The van der Waals surface area contributed by atoms with Gasteiger partial charge in [-0.2, -0.15) is 5.06 Å². The number of unbranched alkanes of at least 4 members (excludes halogenated alkanes) is 4. The lowest BCUT2D eigenvalue weighted by Gasteiger charge is -2.50. The van der Waals surface area contributed by atoms with E-state index in [9.17, 15) is 24.6 Å². The maximum atomic E-state index is 15.7. The summed E-state index contributed by atoms with van der Waals surface area (Å²) in [5.41, 5.74) is 0.375. The lowest BCUT2D eigenvalue weighted by atomic mass is 9.62. The highest BCUT2D eigenvalue weighted by Crippen LogP contribution is 2.59. The first-order valence-electron chi connectivity index (χ1n) is 23.7. The second-order valence-corrected chi connectivity index (χ2v) is 19.3. The standard InChI is InChI=1S/C50H69N3O11/c1-6-8-14-27-49(28-15-9-7-2)62-41-39-30-50(47(59)52-29-17-23-37(52)45(57)51-36(32-54)25-26-40(56)61-48(3,4)5)43(46(58)60-39)53(64-44(50)42(41)63-49)31-35-20-11-10-18-33(35)21-16-22-34-19-12-13-24-38(34)55/h10-13,16,18-21,24,36-37,39,41-44,54-55H,6-9,14-15,17,22-23,25-32H2,1-5H3,(H,51,57)/t36-,37+,39?,41-,42-,43-,44+,50?/m0/s1. The van der Waals surface area contributed by atoms with E-state index in [1.54, 1.807) is 42.9 Å². The van der Waals surface area contributed by atoms with Gasteiger partial charge in [0.2, 0.25) is 11.8 Å². The van der Waals surface area contributed by atoms with E-state index in [4.69, 9.17) is 23.8 Å². The van der Waals surface area contributed by atoms with E-state index < -0.39 is 83.8 Å². The summed E-state index contributed by atoms with van der Waals surface area (Å²) in [6.45, 7) is 9.67. The number of rotatable bonds is 20. The monoisotopic (exact) mass is 887 g/mol. The van der Waals surface area contributed by atoms with Gasteiger partial charge in [0.05, 0.1) is 19.2 Å². The maximum Gasteiger partial charge on any atom is 0.327 e. The molecule has 14 heteroatoms. The molecule has 4 heterocycles. The normalized spacial score (nSPS) is 27.7. The van der Waals surface area contributed by atoms with Crippen molar-refractivity contribution >= 4 is 29.8 Å². The summed E-state index contributed by atoms with van der Waals surface area (Å²) in [6.07, 6.45) is 9.76. The summed E-state index contributed by atoms with van der Waals surface area (Å²) >= 11 is 0. The number of allylic oxidation sites excluding steroid dienone is 1. The molecule has 0 radical (unpaired) electrons. The second-order valence-electron chi connectivity index (χ2n) is 19.3. The summed E-state index contributed by atoms with van der Waals surface area (Å²) in [5.74, 6) is -2.53. The Hall–Kier alpha value is -4.34. The number of amides is 2. The SMILES string of the molecule is CCCCCC1(CCCCC)O[C@@H]2[C@H]3ON(Cc4ccccc4C=CCc4ccccc4O)[C@H]4C(=O)OC(CC34C(=O)N3CCC[C@@H]3C(=O)N[C@H](CO)CCC(=O)OC(C)(C)C)[C@@H]2O1. The molecule has 2 amide bonds. The van der Waals surface area contributed by atoms with E-state index in [-0.39, 0.29) is 44.0 Å². The molecule has 0 spiro atoms. The third-order valence-corrected chi connectivity index (χ3v) is 13.5. The summed E-state index contributed by atoms with van der Waals surface area (Å²) < 4.78 is 25.8. The first kappa shape index (κ1) is 47.6. The van der Waals surface area contributed by atoms with Crippen molar-refractivity contribution in [2.24, 2.45) is 5.41 Å². The number of nitrogens with zero attached hydrogens (tertiary/aromatic N) is 2. The molecular formula is C50H69N3O11. The molecule has 64 heavy (non-hydrogen) atoms. The molecule has 2 bridgehead atoms. The summed E-state index contributed by atoms with van der Waals surface area (Å²) in [6, 6.07) is 12.2. The van der Waals surface area contributed by atoms with E-state index in [1.807, 2.05) is 48.6 Å². The minimum Gasteiger partial charge on any atom is -0.508 e. The largest absolute Gasteiger partial charge is 0.508 e. The number of hydrogen-bond donors (Lipinski definition) is 3. The quantitative estimate of drug-likeness (QED) is 0.0953. The number of aromatic hydroxyl groups is 1. The molecule has 2 aromatic carbocycles. The van der Waals surface area contributed by atoms with Crippen molar-refractivity contribution in [1.82, 2.24) is 15.3 Å². The van der Waals surface area contributed by atoms with E-state index in [0.717, 1.165) is 55.2 Å². The zero-order valence-electron chi connectivity index (χ0n) is 38.3. The Kier molecular flexibility index (Phi) is 15.2. The fourth-order valence-corrected chi connectivity index (χ4v) is 10.4. The minimum atomic E-state index is -1.47. The average Bonchev–Trinajstić information content (AvgIpc) is 3.99. The number of fused-ring (bicyclic) bond motifs is 4. The number of aliphatic hydroxyl groups excluding tert-OH is 1. The zero-order chi connectivity index (χ0) is 45.6. The molecule has 8 atom stereocenters. The Balaban J connectivity index is 1.19. The topological polar surface area (TPSA) is 173 Å². The highest BCUT2D eigenvalue weighted by atomic mass is 16.8. The van der Waals surface area contributed by atoms with E-state index >= 15 is 4.79 Å². The van der Waals surface area contributed by atoms with Crippen LogP contribution in [0.25, 0.3) is 6.08 Å². The van der Waals surface area contributed by atoms with Crippen LogP contribution in [0.2, 0.25) is 0 Å². The molecule has 5 fully saturated rings. The number of aliphatic hydroxyl groups is 1. The molecule has 5 aliphatic rings. The van der Waals surface area contributed by atoms with Crippen LogP contribution in [0.1, 0.15) is 135 Å². The van der Waals surface area contributed by atoms with Crippen molar-refractivity contribution in [3.8, 4) is 5.75 Å². The number of nitrogens with one attached hydrogen (secondary N) is 1. The van der Waals surface area contributed by atoms with Crippen molar-refractivity contribution in [3.05, 3.63) is 71.3 Å². The van der Waals surface area contributed by atoms with Gasteiger partial charge in [0, 0.05) is 32.2 Å². The van der Waals surface area contributed by atoms with Crippen LogP contribution in [0.4, 0.5) is 0 Å². The molecule has 2 aromatic rings. The van der Waals surface area contributed by atoms with Crippen LogP contribution in [0.5, 0.6) is 5.75 Å². The van der Waals surface area contributed by atoms with Gasteiger partial charge in [0.1, 0.15) is 47.2 Å². The van der Waals surface area contributed by atoms with E-state index in [0.29, 0.717) is 32.1 Å². The molecule has 350 valence electrons. The van der Waals surface area contributed by atoms with Gasteiger partial charge in [-0.1, -0.05) is 94.1 Å². The number of likely N-dealkylation sites (tertiary alicyclic amines) is 1. The van der Waals surface area contributed by atoms with Gasteiger partial charge in [-0.3, -0.25) is 24.0 Å². The van der Waals surface area contributed by atoms with Crippen molar-refractivity contribution in [3.63, 3.8) is 0 Å². The first-order chi connectivity index (χ1) is 30.7. The van der Waals surface area contributed by atoms with E-state index in [2.05, 4.69) is 19.2 Å². The molecule has 0 aromatic heterocycles. The number of phenols is 1. The van der Waals surface area contributed by atoms with Gasteiger partial charge in [-0.25, -0.2) is 0 Å². The van der Waals surface area contributed by atoms with Gasteiger partial charge in [-0.15, -0.1) is 0 Å². The van der Waals surface area contributed by atoms with Crippen LogP contribution in [0, 0.1) is 5.41 Å². The fourth-order valence-electron chi connectivity index (χ4n) is 10.4. The summed E-state index contributed by atoms with van der Waals surface area (Å²) in [4.78, 5) is 65.5. The highest BCUT2D eigenvalue weighted by Gasteiger charge is 2.77. The van der Waals surface area contributed by atoms with Crippen molar-refractivity contribution in [2.45, 2.75) is 185 Å². The van der Waals surface area contributed by atoms with Crippen molar-refractivity contribution < 1.29 is 53.2 Å². The number of esters is 2. The first-order valence-corrected chi connectivity index (χ1v) is 23.7. The van der Waals surface area contributed by atoms with E-state index in [1.165, 1.54) is 0 Å². The molecule has 14 nitrogen and oxygen atoms in total. The Morgan fingerprint density at radius 1 is 0.969 bits per heavy atom. The summed E-state index contributed by atoms with van der Waals surface area (Å²) in [7, 11) is 0. The Morgan fingerprint density at radius 3 is 2.34 bits per heavy atom. The van der Waals surface area contributed by atoms with Gasteiger partial charge < -0.3 is 39.4 Å². The Labute approximate surface area is 377 Å². The number of hydrogen-bond acceptors (Lipinski definition) is 12. The highest BCUT2D eigenvalue weighted by molar-refractivity contribution is 5.96. The maximum absolute atomic E-state index is 15.7. The van der Waals surface area contributed by atoms with Crippen LogP contribution in [-0.2, 0) is 55.9 Å². The zero-order valence-corrected chi connectivity index (χ0v) is 38.3. The number of para-hydroxylation sites is 1. The van der Waals surface area contributed by atoms with Gasteiger partial charge in [0.25, 0.3) is 0 Å². The molecular weight excluding hydrogens is 819 g/mol. The molecule has 1 saturated carbocycles. The smallest absolute Gasteiger partial charge is 0.327 e. The predicted octanol–water partition coefficient (Wildman–Crippen LogP) is 6.68. The third kappa shape index (κ3) is 10.2. The van der Waals surface area contributed by atoms with Crippen molar-refractivity contribution in [1.29, 1.82) is 0 Å². The lowest BCUT2D eigenvalue weighted by Crippen LogP contribution is -2.70. The molecule has 3 N–H and O–H groups in total. The van der Waals surface area contributed by atoms with Crippen molar-refractivity contribution in [2.75, 3.05) is 13.2 Å². The predicted molar refractivity (Wildman–Crippen MR) is 238 cm³/mol. The third-order valence-electron chi connectivity index (χ3n) is 13.5. The molecule has 2 unspecified atom stereocenters. The molecule has 7 rings (SSSR count). The number of carbonyl (C=O) groups excluding carboxylic acids is 4. The van der Waals surface area contributed by atoms with Crippen LogP contribution in [-0.4, -0.2) is 111 Å². The van der Waals surface area contributed by atoms with Crippen LogP contribution < -0.4 is 5.32 Å². The number of carbonyl (C=O) groups is 4. The Bertz CT molecular complexity index is 1990.